The molecule has 5 nitrogen and oxygen atoms in total. The number of carboxylic acid groups (broad SMARTS) is 1. The maximum absolute atomic E-state index is 13.0. The highest BCUT2D eigenvalue weighted by Crippen LogP contribution is 2.34. The molecule has 4 rings (SSSR count). The van der Waals surface area contributed by atoms with Crippen LogP contribution >= 0.6 is 0 Å². The smallest absolute Gasteiger partial charge is 0.322 e. The van der Waals surface area contributed by atoms with Gasteiger partial charge in [-0.1, -0.05) is 54.6 Å². The van der Waals surface area contributed by atoms with Crippen molar-refractivity contribution in [3.63, 3.8) is 0 Å². The third-order valence-corrected chi connectivity index (χ3v) is 6.53. The number of hydrogen-bond donors (Lipinski definition) is 2. The van der Waals surface area contributed by atoms with Crippen LogP contribution in [0.3, 0.4) is 0 Å². The minimum absolute atomic E-state index is 0.0800. The van der Waals surface area contributed by atoms with Crippen molar-refractivity contribution in [3.05, 3.63) is 77.4 Å². The first-order valence-electron chi connectivity index (χ1n) is 8.78. The second-order valence-corrected chi connectivity index (χ2v) is 8.45. The van der Waals surface area contributed by atoms with E-state index >= 15 is 0 Å². The number of carboxylic acids is 1. The van der Waals surface area contributed by atoms with Crippen molar-refractivity contribution >= 4 is 26.8 Å². The lowest BCUT2D eigenvalue weighted by Crippen LogP contribution is -2.42. The molecule has 0 aromatic heterocycles. The van der Waals surface area contributed by atoms with Gasteiger partial charge in [0.15, 0.2) is 0 Å². The minimum atomic E-state index is -3.99. The first-order valence-corrected chi connectivity index (χ1v) is 10.3. The summed E-state index contributed by atoms with van der Waals surface area (Å²) >= 11 is 0. The van der Waals surface area contributed by atoms with E-state index in [0.29, 0.717) is 5.39 Å². The fourth-order valence-electron chi connectivity index (χ4n) is 3.73. The van der Waals surface area contributed by atoms with Gasteiger partial charge in [0.25, 0.3) is 0 Å². The fourth-order valence-corrected chi connectivity index (χ4v) is 5.13. The molecule has 0 bridgehead atoms. The molecule has 3 aromatic carbocycles. The van der Waals surface area contributed by atoms with Crippen LogP contribution in [0.5, 0.6) is 0 Å². The Hall–Kier alpha value is -2.70. The van der Waals surface area contributed by atoms with Gasteiger partial charge in [0, 0.05) is 5.39 Å². The number of rotatable bonds is 6. The van der Waals surface area contributed by atoms with Crippen molar-refractivity contribution in [2.24, 2.45) is 0 Å². The molecule has 1 aliphatic rings. The molecule has 2 N–H and O–H groups in total. The first kappa shape index (κ1) is 17.7. The Kier molecular flexibility index (Phi) is 4.45. The predicted molar refractivity (Wildman–Crippen MR) is 103 cm³/mol. The number of carbonyl (C=O) groups is 1. The molecule has 0 saturated heterocycles. The van der Waals surface area contributed by atoms with E-state index in [1.165, 1.54) is 0 Å². The van der Waals surface area contributed by atoms with Gasteiger partial charge in [-0.15, -0.1) is 0 Å². The number of nitrogens with one attached hydrogen (secondary N) is 1. The van der Waals surface area contributed by atoms with Crippen LogP contribution in [-0.2, 0) is 34.1 Å². The minimum Gasteiger partial charge on any atom is -0.480 e. The summed E-state index contributed by atoms with van der Waals surface area (Å²) in [5.74, 6) is -1.20. The molecule has 0 unspecified atom stereocenters. The maximum atomic E-state index is 13.0. The van der Waals surface area contributed by atoms with Crippen LogP contribution in [0.2, 0.25) is 0 Å². The topological polar surface area (TPSA) is 83.5 Å². The second kappa shape index (κ2) is 6.79. The van der Waals surface area contributed by atoms with Crippen molar-refractivity contribution in [2.75, 3.05) is 0 Å². The molecule has 0 spiro atoms. The van der Waals surface area contributed by atoms with E-state index in [1.54, 1.807) is 36.4 Å². The number of sulfonamides is 1. The highest BCUT2D eigenvalue weighted by Gasteiger charge is 2.28. The Bertz CT molecular complexity index is 1110. The van der Waals surface area contributed by atoms with Gasteiger partial charge in [0.1, 0.15) is 6.04 Å². The SMILES string of the molecule is O=C(O)[C@H](Cc1ccccc1)NS(=O)(=O)c1ccc2c3c(cccc13)CC2. The standard InChI is InChI=1S/C21H19NO4S/c23-21(24)18(13-14-5-2-1-3-6-14)22-27(25,26)19-12-11-16-10-9-15-7-4-8-17(19)20(15)16/h1-8,11-12,18,22H,9-10,13H2,(H,23,24)/t18-/m0/s1. The molecule has 138 valence electrons. The fraction of sp³-hybridized carbons (Fsp3) is 0.190. The number of aliphatic carboxylic acids is 1. The van der Waals surface area contributed by atoms with E-state index in [2.05, 4.69) is 4.72 Å². The van der Waals surface area contributed by atoms with Gasteiger partial charge in [-0.25, -0.2) is 8.42 Å². The third kappa shape index (κ3) is 3.34. The van der Waals surface area contributed by atoms with Crippen LogP contribution in [0, 0.1) is 0 Å². The monoisotopic (exact) mass is 381 g/mol. The zero-order valence-corrected chi connectivity index (χ0v) is 15.4. The maximum Gasteiger partial charge on any atom is 0.322 e. The molecular weight excluding hydrogens is 362 g/mol. The van der Waals surface area contributed by atoms with Crippen molar-refractivity contribution < 1.29 is 18.3 Å². The Labute approximate surface area is 157 Å². The quantitative estimate of drug-likeness (QED) is 0.688. The lowest BCUT2D eigenvalue weighted by atomic mass is 10.1. The van der Waals surface area contributed by atoms with E-state index in [-0.39, 0.29) is 11.3 Å². The Morgan fingerprint density at radius 1 is 0.963 bits per heavy atom. The Balaban J connectivity index is 1.71. The zero-order valence-electron chi connectivity index (χ0n) is 14.6. The van der Waals surface area contributed by atoms with Gasteiger partial charge in [-0.05, 0) is 47.4 Å². The second-order valence-electron chi connectivity index (χ2n) is 6.76. The normalized spacial score (nSPS) is 14.4. The van der Waals surface area contributed by atoms with E-state index in [0.717, 1.165) is 34.9 Å². The van der Waals surface area contributed by atoms with Gasteiger partial charge in [0.05, 0.1) is 4.90 Å². The van der Waals surface area contributed by atoms with Crippen LogP contribution in [0.1, 0.15) is 16.7 Å². The lowest BCUT2D eigenvalue weighted by molar-refractivity contribution is -0.138. The van der Waals surface area contributed by atoms with E-state index in [1.807, 2.05) is 24.3 Å². The summed E-state index contributed by atoms with van der Waals surface area (Å²) < 4.78 is 28.4. The zero-order chi connectivity index (χ0) is 19.0. The number of hydrogen-bond acceptors (Lipinski definition) is 3. The summed E-state index contributed by atoms with van der Waals surface area (Å²) in [6.45, 7) is 0. The summed E-state index contributed by atoms with van der Waals surface area (Å²) in [7, 11) is -3.99. The molecule has 27 heavy (non-hydrogen) atoms. The molecule has 0 saturated carbocycles. The molecule has 3 aromatic rings. The van der Waals surface area contributed by atoms with Crippen LogP contribution in [0.15, 0.2) is 65.6 Å². The van der Waals surface area contributed by atoms with Gasteiger partial charge >= 0.3 is 5.97 Å². The highest BCUT2D eigenvalue weighted by atomic mass is 32.2. The summed E-state index contributed by atoms with van der Waals surface area (Å²) in [4.78, 5) is 11.8. The molecule has 0 radical (unpaired) electrons. The van der Waals surface area contributed by atoms with E-state index in [4.69, 9.17) is 0 Å². The molecular formula is C21H19NO4S. The molecule has 0 heterocycles. The lowest BCUT2D eigenvalue weighted by Gasteiger charge is -2.16. The summed E-state index contributed by atoms with van der Waals surface area (Å²) in [6.07, 6.45) is 1.88. The van der Waals surface area contributed by atoms with Crippen LogP contribution < -0.4 is 4.72 Å². The molecule has 1 atom stereocenters. The average molecular weight is 381 g/mol. The molecule has 0 amide bonds. The van der Waals surface area contributed by atoms with Gasteiger partial charge < -0.3 is 5.11 Å². The predicted octanol–water partition coefficient (Wildman–Crippen LogP) is 2.91. The van der Waals surface area contributed by atoms with E-state index in [9.17, 15) is 18.3 Å². The van der Waals surface area contributed by atoms with Gasteiger partial charge in [-0.2, -0.15) is 4.72 Å². The molecule has 0 fully saturated rings. The average Bonchev–Trinajstić information content (AvgIpc) is 3.07. The van der Waals surface area contributed by atoms with Crippen molar-refractivity contribution in [1.29, 1.82) is 0 Å². The van der Waals surface area contributed by atoms with Gasteiger partial charge in [0.2, 0.25) is 10.0 Å². The van der Waals surface area contributed by atoms with Crippen molar-refractivity contribution in [1.82, 2.24) is 4.72 Å². The summed E-state index contributed by atoms with van der Waals surface area (Å²) in [5.41, 5.74) is 3.03. The van der Waals surface area contributed by atoms with Crippen LogP contribution in [0.4, 0.5) is 0 Å². The largest absolute Gasteiger partial charge is 0.480 e. The Morgan fingerprint density at radius 2 is 1.67 bits per heavy atom. The molecule has 6 heteroatoms. The molecule has 0 aliphatic heterocycles. The number of aryl methyl sites for hydroxylation is 2. The summed E-state index contributed by atoms with van der Waals surface area (Å²) in [6, 6.07) is 16.8. The van der Waals surface area contributed by atoms with Crippen LogP contribution in [-0.4, -0.2) is 25.5 Å². The van der Waals surface area contributed by atoms with Crippen molar-refractivity contribution in [3.8, 4) is 0 Å². The Morgan fingerprint density at radius 3 is 2.37 bits per heavy atom. The van der Waals surface area contributed by atoms with E-state index < -0.39 is 22.0 Å². The summed E-state index contributed by atoms with van der Waals surface area (Å²) in [5, 5.41) is 11.2. The third-order valence-electron chi connectivity index (χ3n) is 5.00. The number of benzene rings is 3. The van der Waals surface area contributed by atoms with Crippen LogP contribution in [0.25, 0.3) is 10.8 Å². The van der Waals surface area contributed by atoms with Crippen molar-refractivity contribution in [2.45, 2.75) is 30.2 Å². The molecule has 1 aliphatic carbocycles. The van der Waals surface area contributed by atoms with Gasteiger partial charge in [-0.3, -0.25) is 4.79 Å². The highest BCUT2D eigenvalue weighted by molar-refractivity contribution is 7.89. The first-order chi connectivity index (χ1) is 13.0.